The number of hydrogen-bond donors (Lipinski definition) is 1. The largest absolute Gasteiger partial charge is 0.345 e. The fourth-order valence-corrected chi connectivity index (χ4v) is 3.54. The molecule has 0 saturated carbocycles. The average Bonchev–Trinajstić information content (AvgIpc) is 2.71. The van der Waals surface area contributed by atoms with Gasteiger partial charge in [0.1, 0.15) is 0 Å². The molecule has 0 bridgehead atoms. The summed E-state index contributed by atoms with van der Waals surface area (Å²) in [5, 5.41) is 3.51. The van der Waals surface area contributed by atoms with Crippen LogP contribution in [0, 0.1) is 0 Å². The van der Waals surface area contributed by atoms with Crippen LogP contribution in [0.25, 0.3) is 0 Å². The van der Waals surface area contributed by atoms with Gasteiger partial charge in [0.15, 0.2) is 0 Å². The molecule has 1 N–H and O–H groups in total. The molecule has 2 rings (SSSR count). The zero-order valence-corrected chi connectivity index (χ0v) is 12.7. The van der Waals surface area contributed by atoms with Gasteiger partial charge in [0.2, 0.25) is 5.91 Å². The van der Waals surface area contributed by atoms with Crippen molar-refractivity contribution in [3.05, 3.63) is 29.8 Å². The first-order valence-corrected chi connectivity index (χ1v) is 7.74. The number of nitrogens with zero attached hydrogens (tertiary/aromatic N) is 1. The molecule has 4 heteroatoms. The Bertz CT molecular complexity index is 450. The first-order valence-electron chi connectivity index (χ1n) is 6.86. The molecule has 1 aromatic carbocycles. The Labute approximate surface area is 119 Å². The van der Waals surface area contributed by atoms with Crippen LogP contribution in [0.2, 0.25) is 0 Å². The predicted octanol–water partition coefficient (Wildman–Crippen LogP) is 2.68. The number of thioether (sulfide) groups is 1. The molecule has 1 amide bonds. The molecule has 19 heavy (non-hydrogen) atoms. The molecule has 0 aliphatic carbocycles. The van der Waals surface area contributed by atoms with Crippen molar-refractivity contribution in [3.8, 4) is 0 Å². The van der Waals surface area contributed by atoms with Gasteiger partial charge >= 0.3 is 0 Å². The van der Waals surface area contributed by atoms with Crippen molar-refractivity contribution in [2.45, 2.75) is 36.5 Å². The summed E-state index contributed by atoms with van der Waals surface area (Å²) in [5.74, 6) is 0.259. The average molecular weight is 278 g/mol. The van der Waals surface area contributed by atoms with Crippen molar-refractivity contribution >= 4 is 17.7 Å². The monoisotopic (exact) mass is 278 g/mol. The van der Waals surface area contributed by atoms with E-state index in [1.807, 2.05) is 11.9 Å². The maximum absolute atomic E-state index is 11.9. The van der Waals surface area contributed by atoms with Crippen LogP contribution >= 0.6 is 11.8 Å². The van der Waals surface area contributed by atoms with Crippen molar-refractivity contribution < 1.29 is 4.79 Å². The molecule has 3 nitrogen and oxygen atoms in total. The molecule has 1 aliphatic rings. The standard InChI is InChI=1S/C15H22N2OS/c1-4-16-11(2)12-6-5-7-13(10-12)19-14-8-9-17(3)15(14)18/h5-7,10-11,14,16H,4,8-9H2,1-3H3. The lowest BCUT2D eigenvalue weighted by Crippen LogP contribution is -2.23. The van der Waals surface area contributed by atoms with Crippen molar-refractivity contribution in [1.82, 2.24) is 10.2 Å². The van der Waals surface area contributed by atoms with E-state index in [1.54, 1.807) is 11.8 Å². The summed E-state index contributed by atoms with van der Waals surface area (Å²) in [4.78, 5) is 14.9. The lowest BCUT2D eigenvalue weighted by molar-refractivity contribution is -0.126. The van der Waals surface area contributed by atoms with Crippen molar-refractivity contribution in [2.24, 2.45) is 0 Å². The number of nitrogens with one attached hydrogen (secondary N) is 1. The molecule has 1 saturated heterocycles. The third-order valence-corrected chi connectivity index (χ3v) is 4.77. The van der Waals surface area contributed by atoms with Gasteiger partial charge in [-0.15, -0.1) is 11.8 Å². The van der Waals surface area contributed by atoms with Gasteiger partial charge in [-0.25, -0.2) is 0 Å². The Morgan fingerprint density at radius 1 is 1.53 bits per heavy atom. The van der Waals surface area contributed by atoms with Crippen LogP contribution in [-0.4, -0.2) is 36.2 Å². The van der Waals surface area contributed by atoms with Crippen molar-refractivity contribution in [1.29, 1.82) is 0 Å². The van der Waals surface area contributed by atoms with Crippen LogP contribution < -0.4 is 5.32 Å². The molecule has 2 atom stereocenters. The van der Waals surface area contributed by atoms with Gasteiger partial charge in [0, 0.05) is 24.5 Å². The maximum atomic E-state index is 11.9. The van der Waals surface area contributed by atoms with E-state index in [4.69, 9.17) is 0 Å². The zero-order valence-electron chi connectivity index (χ0n) is 11.8. The molecule has 1 heterocycles. The summed E-state index contributed by atoms with van der Waals surface area (Å²) >= 11 is 1.69. The SMILES string of the molecule is CCNC(C)c1cccc(SC2CCN(C)C2=O)c1. The van der Waals surface area contributed by atoms with Crippen LogP contribution in [0.1, 0.15) is 31.9 Å². The molecular formula is C15H22N2OS. The van der Waals surface area contributed by atoms with Crippen LogP contribution in [0.5, 0.6) is 0 Å². The second-order valence-electron chi connectivity index (χ2n) is 5.01. The van der Waals surface area contributed by atoms with E-state index in [0.29, 0.717) is 6.04 Å². The fraction of sp³-hybridized carbons (Fsp3) is 0.533. The summed E-state index contributed by atoms with van der Waals surface area (Å²) in [5.41, 5.74) is 1.28. The number of amides is 1. The highest BCUT2D eigenvalue weighted by Crippen LogP contribution is 2.31. The second-order valence-corrected chi connectivity index (χ2v) is 6.28. The molecular weight excluding hydrogens is 256 g/mol. The summed E-state index contributed by atoms with van der Waals surface area (Å²) in [6, 6.07) is 8.86. The van der Waals surface area contributed by atoms with Gasteiger partial charge in [-0.3, -0.25) is 4.79 Å². The highest BCUT2D eigenvalue weighted by Gasteiger charge is 2.29. The third-order valence-electron chi connectivity index (χ3n) is 3.53. The minimum Gasteiger partial charge on any atom is -0.345 e. The summed E-state index contributed by atoms with van der Waals surface area (Å²) in [6.07, 6.45) is 0.951. The number of benzene rings is 1. The van der Waals surface area contributed by atoms with Gasteiger partial charge in [-0.05, 0) is 37.6 Å². The van der Waals surface area contributed by atoms with E-state index in [0.717, 1.165) is 19.5 Å². The third kappa shape index (κ3) is 3.51. The van der Waals surface area contributed by atoms with Crippen LogP contribution in [-0.2, 0) is 4.79 Å². The van der Waals surface area contributed by atoms with Crippen LogP contribution in [0.4, 0.5) is 0 Å². The topological polar surface area (TPSA) is 32.3 Å². The van der Waals surface area contributed by atoms with E-state index in [9.17, 15) is 4.79 Å². The quantitative estimate of drug-likeness (QED) is 0.899. The predicted molar refractivity (Wildman–Crippen MR) is 80.4 cm³/mol. The van der Waals surface area contributed by atoms with Crippen LogP contribution in [0.15, 0.2) is 29.2 Å². The minimum absolute atomic E-state index is 0.0923. The Hall–Kier alpha value is -1.00. The smallest absolute Gasteiger partial charge is 0.235 e. The molecule has 1 aromatic rings. The van der Waals surface area contributed by atoms with E-state index in [2.05, 4.69) is 43.4 Å². The number of rotatable bonds is 5. The molecule has 104 valence electrons. The first kappa shape index (κ1) is 14.4. The van der Waals surface area contributed by atoms with Gasteiger partial charge in [-0.1, -0.05) is 19.1 Å². The van der Waals surface area contributed by atoms with Gasteiger partial charge in [-0.2, -0.15) is 0 Å². The lowest BCUT2D eigenvalue weighted by Gasteiger charge is -2.15. The molecule has 1 aliphatic heterocycles. The first-order chi connectivity index (χ1) is 9.11. The second kappa shape index (κ2) is 6.44. The summed E-state index contributed by atoms with van der Waals surface area (Å²) < 4.78 is 0. The summed E-state index contributed by atoms with van der Waals surface area (Å²) in [6.45, 7) is 6.12. The van der Waals surface area contributed by atoms with Crippen LogP contribution in [0.3, 0.4) is 0 Å². The number of carbonyl (C=O) groups excluding carboxylic acids is 1. The molecule has 2 unspecified atom stereocenters. The molecule has 0 aromatic heterocycles. The van der Waals surface area contributed by atoms with E-state index < -0.39 is 0 Å². The van der Waals surface area contributed by atoms with Gasteiger partial charge < -0.3 is 10.2 Å². The Balaban J connectivity index is 2.05. The lowest BCUT2D eigenvalue weighted by atomic mass is 10.1. The summed E-state index contributed by atoms with van der Waals surface area (Å²) in [7, 11) is 1.88. The van der Waals surface area contributed by atoms with Gasteiger partial charge in [0.25, 0.3) is 0 Å². The zero-order chi connectivity index (χ0) is 13.8. The normalized spacial score (nSPS) is 20.9. The Morgan fingerprint density at radius 2 is 2.32 bits per heavy atom. The number of carbonyl (C=O) groups is 1. The minimum atomic E-state index is 0.0923. The fourth-order valence-electron chi connectivity index (χ4n) is 2.35. The van der Waals surface area contributed by atoms with Crippen molar-refractivity contribution in [3.63, 3.8) is 0 Å². The van der Waals surface area contributed by atoms with E-state index >= 15 is 0 Å². The Morgan fingerprint density at radius 3 is 2.95 bits per heavy atom. The number of likely N-dealkylation sites (tertiary alicyclic amines) is 1. The van der Waals surface area contributed by atoms with Crippen molar-refractivity contribution in [2.75, 3.05) is 20.1 Å². The maximum Gasteiger partial charge on any atom is 0.235 e. The molecule has 0 spiro atoms. The number of hydrogen-bond acceptors (Lipinski definition) is 3. The highest BCUT2D eigenvalue weighted by atomic mass is 32.2. The molecule has 1 fully saturated rings. The highest BCUT2D eigenvalue weighted by molar-refractivity contribution is 8.00. The Kier molecular flexibility index (Phi) is 4.88. The van der Waals surface area contributed by atoms with E-state index in [1.165, 1.54) is 10.5 Å². The van der Waals surface area contributed by atoms with E-state index in [-0.39, 0.29) is 11.2 Å². The molecule has 0 radical (unpaired) electrons. The van der Waals surface area contributed by atoms with Gasteiger partial charge in [0.05, 0.1) is 5.25 Å².